The van der Waals surface area contributed by atoms with Crippen LogP contribution in [0.5, 0.6) is 0 Å². The van der Waals surface area contributed by atoms with Crippen LogP contribution in [0.25, 0.3) is 0 Å². The topological polar surface area (TPSA) is 71.1 Å². The lowest BCUT2D eigenvalue weighted by atomic mass is 10.1. The number of carbonyl (C=O) groups excluding carboxylic acids is 2. The highest BCUT2D eigenvalue weighted by Gasteiger charge is 2.12. The summed E-state index contributed by atoms with van der Waals surface area (Å²) in [6, 6.07) is 26.0. The molecule has 0 spiro atoms. The zero-order valence-corrected chi connectivity index (χ0v) is 18.9. The van der Waals surface area contributed by atoms with Gasteiger partial charge in [-0.25, -0.2) is 0 Å². The van der Waals surface area contributed by atoms with Gasteiger partial charge in [0.05, 0.1) is 0 Å². The Morgan fingerprint density at radius 2 is 1.58 bits per heavy atom. The summed E-state index contributed by atoms with van der Waals surface area (Å²) < 4.78 is 0. The van der Waals surface area contributed by atoms with Crippen LogP contribution in [0.3, 0.4) is 0 Å². The van der Waals surface area contributed by atoms with Gasteiger partial charge in [0.15, 0.2) is 0 Å². The molecule has 0 saturated heterocycles. The number of nitrogens with one attached hydrogen (secondary N) is 2. The molecule has 0 atom stereocenters. The van der Waals surface area contributed by atoms with E-state index in [0.29, 0.717) is 22.5 Å². The number of hydrogen-bond acceptors (Lipinski definition) is 4. The van der Waals surface area contributed by atoms with E-state index in [-0.39, 0.29) is 11.8 Å². The Labute approximate surface area is 197 Å². The molecule has 1 aromatic heterocycles. The quantitative estimate of drug-likeness (QED) is 0.328. The van der Waals surface area contributed by atoms with Crippen LogP contribution in [0.4, 0.5) is 11.4 Å². The van der Waals surface area contributed by atoms with E-state index in [1.165, 1.54) is 0 Å². The van der Waals surface area contributed by atoms with Gasteiger partial charge in [-0.1, -0.05) is 30.3 Å². The van der Waals surface area contributed by atoms with Crippen molar-refractivity contribution < 1.29 is 9.59 Å². The van der Waals surface area contributed by atoms with Crippen LogP contribution in [-0.4, -0.2) is 16.8 Å². The number of pyridine rings is 1. The van der Waals surface area contributed by atoms with Crippen molar-refractivity contribution in [1.82, 2.24) is 4.98 Å². The van der Waals surface area contributed by atoms with Crippen LogP contribution in [0, 0.1) is 6.92 Å². The van der Waals surface area contributed by atoms with Crippen molar-refractivity contribution >= 4 is 35.0 Å². The molecule has 0 saturated carbocycles. The van der Waals surface area contributed by atoms with E-state index in [2.05, 4.69) is 15.6 Å². The third-order valence-electron chi connectivity index (χ3n) is 5.02. The standard InChI is InChI=1S/C27H23N3O2S/c1-19-9-10-22(16-25(19)30-26(31)21-7-3-2-4-8-21)27(32)29-23-11-13-24(14-12-23)33-18-20-6-5-15-28-17-20/h2-17H,18H2,1H3,(H,29,32)(H,30,31). The molecule has 0 radical (unpaired) electrons. The van der Waals surface area contributed by atoms with Gasteiger partial charge in [-0.3, -0.25) is 14.6 Å². The Balaban J connectivity index is 1.39. The van der Waals surface area contributed by atoms with Crippen molar-refractivity contribution in [1.29, 1.82) is 0 Å². The summed E-state index contributed by atoms with van der Waals surface area (Å²) in [7, 11) is 0. The van der Waals surface area contributed by atoms with E-state index in [0.717, 1.165) is 21.8 Å². The minimum atomic E-state index is -0.235. The van der Waals surface area contributed by atoms with Crippen LogP contribution in [0.1, 0.15) is 31.8 Å². The molecule has 2 amide bonds. The number of anilines is 2. The summed E-state index contributed by atoms with van der Waals surface area (Å²) in [5.41, 5.74) is 4.40. The maximum Gasteiger partial charge on any atom is 0.255 e. The van der Waals surface area contributed by atoms with Crippen molar-refractivity contribution in [2.75, 3.05) is 10.6 Å². The number of amides is 2. The number of hydrogen-bond donors (Lipinski definition) is 2. The molecular formula is C27H23N3O2S. The first-order chi connectivity index (χ1) is 16.1. The van der Waals surface area contributed by atoms with E-state index >= 15 is 0 Å². The number of thioether (sulfide) groups is 1. The molecule has 1 heterocycles. The highest BCUT2D eigenvalue weighted by molar-refractivity contribution is 7.98. The van der Waals surface area contributed by atoms with Crippen molar-refractivity contribution in [3.63, 3.8) is 0 Å². The number of aromatic nitrogens is 1. The molecule has 0 fully saturated rings. The normalized spacial score (nSPS) is 10.5. The first-order valence-corrected chi connectivity index (χ1v) is 11.5. The summed E-state index contributed by atoms with van der Waals surface area (Å²) in [5, 5.41) is 5.81. The van der Waals surface area contributed by atoms with Crippen LogP contribution < -0.4 is 10.6 Å². The number of rotatable bonds is 7. The summed E-state index contributed by atoms with van der Waals surface area (Å²) in [6.45, 7) is 1.89. The molecule has 4 aromatic rings. The molecule has 0 aliphatic rings. The molecule has 164 valence electrons. The van der Waals surface area contributed by atoms with Gasteiger partial charge in [0.2, 0.25) is 0 Å². The molecule has 5 nitrogen and oxygen atoms in total. The first kappa shape index (κ1) is 22.3. The van der Waals surface area contributed by atoms with E-state index in [9.17, 15) is 9.59 Å². The SMILES string of the molecule is Cc1ccc(C(=O)Nc2ccc(SCc3cccnc3)cc2)cc1NC(=O)c1ccccc1. The van der Waals surface area contributed by atoms with Crippen molar-refractivity contribution in [3.05, 3.63) is 120 Å². The van der Waals surface area contributed by atoms with Gasteiger partial charge in [0.25, 0.3) is 11.8 Å². The summed E-state index contributed by atoms with van der Waals surface area (Å²) in [6.07, 6.45) is 3.62. The molecule has 0 aliphatic carbocycles. The second-order valence-electron chi connectivity index (χ2n) is 7.48. The highest BCUT2D eigenvalue weighted by atomic mass is 32.2. The average Bonchev–Trinajstić information content (AvgIpc) is 2.86. The summed E-state index contributed by atoms with van der Waals surface area (Å²) >= 11 is 1.71. The number of carbonyl (C=O) groups is 2. The fourth-order valence-corrected chi connectivity index (χ4v) is 4.00. The van der Waals surface area contributed by atoms with Gasteiger partial charge >= 0.3 is 0 Å². The molecule has 2 N–H and O–H groups in total. The van der Waals surface area contributed by atoms with Gasteiger partial charge < -0.3 is 10.6 Å². The van der Waals surface area contributed by atoms with Gasteiger partial charge in [0, 0.05) is 45.5 Å². The maximum atomic E-state index is 12.8. The zero-order valence-electron chi connectivity index (χ0n) is 18.1. The average molecular weight is 454 g/mol. The van der Waals surface area contributed by atoms with E-state index in [4.69, 9.17) is 0 Å². The van der Waals surface area contributed by atoms with Crippen molar-refractivity contribution in [2.24, 2.45) is 0 Å². The molecule has 0 unspecified atom stereocenters. The fourth-order valence-electron chi connectivity index (χ4n) is 3.17. The monoisotopic (exact) mass is 453 g/mol. The van der Waals surface area contributed by atoms with Gasteiger partial charge in [0.1, 0.15) is 0 Å². The Morgan fingerprint density at radius 3 is 2.30 bits per heavy atom. The Morgan fingerprint density at radius 1 is 0.818 bits per heavy atom. The molecule has 0 bridgehead atoms. The highest BCUT2D eigenvalue weighted by Crippen LogP contribution is 2.24. The molecule has 3 aromatic carbocycles. The summed E-state index contributed by atoms with van der Waals surface area (Å²) in [5.74, 6) is 0.386. The Kier molecular flexibility index (Phi) is 7.17. The van der Waals surface area contributed by atoms with Crippen LogP contribution in [0.2, 0.25) is 0 Å². The molecule has 33 heavy (non-hydrogen) atoms. The maximum absolute atomic E-state index is 12.8. The lowest BCUT2D eigenvalue weighted by molar-refractivity contribution is 0.101. The third kappa shape index (κ3) is 6.08. The lowest BCUT2D eigenvalue weighted by Crippen LogP contribution is -2.15. The van der Waals surface area contributed by atoms with E-state index < -0.39 is 0 Å². The Hall–Kier alpha value is -3.90. The predicted octanol–water partition coefficient (Wildman–Crippen LogP) is 6.19. The largest absolute Gasteiger partial charge is 0.322 e. The predicted molar refractivity (Wildman–Crippen MR) is 134 cm³/mol. The number of benzene rings is 3. The molecular weight excluding hydrogens is 430 g/mol. The van der Waals surface area contributed by atoms with E-state index in [1.54, 1.807) is 42.2 Å². The molecule has 4 rings (SSSR count). The van der Waals surface area contributed by atoms with E-state index in [1.807, 2.05) is 73.8 Å². The second kappa shape index (κ2) is 10.6. The van der Waals surface area contributed by atoms with Gasteiger partial charge in [-0.2, -0.15) is 0 Å². The minimum Gasteiger partial charge on any atom is -0.322 e. The third-order valence-corrected chi connectivity index (χ3v) is 6.11. The van der Waals surface area contributed by atoms with Gasteiger partial charge in [-0.15, -0.1) is 11.8 Å². The first-order valence-electron chi connectivity index (χ1n) is 10.5. The number of aryl methyl sites for hydroxylation is 1. The zero-order chi connectivity index (χ0) is 23.0. The lowest BCUT2D eigenvalue weighted by Gasteiger charge is -2.11. The Bertz CT molecular complexity index is 1240. The van der Waals surface area contributed by atoms with Gasteiger partial charge in [-0.05, 0) is 72.6 Å². The molecule has 6 heteroatoms. The smallest absolute Gasteiger partial charge is 0.255 e. The fraction of sp³-hybridized carbons (Fsp3) is 0.0741. The number of nitrogens with zero attached hydrogens (tertiary/aromatic N) is 1. The molecule has 0 aliphatic heterocycles. The van der Waals surface area contributed by atoms with Crippen molar-refractivity contribution in [3.8, 4) is 0 Å². The summed E-state index contributed by atoms with van der Waals surface area (Å²) in [4.78, 5) is 30.5. The van der Waals surface area contributed by atoms with Crippen LogP contribution in [-0.2, 0) is 5.75 Å². The van der Waals surface area contributed by atoms with Crippen molar-refractivity contribution in [2.45, 2.75) is 17.6 Å². The minimum absolute atomic E-state index is 0.212. The second-order valence-corrected chi connectivity index (χ2v) is 8.53. The van der Waals surface area contributed by atoms with Crippen LogP contribution >= 0.6 is 11.8 Å². The van der Waals surface area contributed by atoms with Crippen LogP contribution in [0.15, 0.2) is 102 Å².